The van der Waals surface area contributed by atoms with Crippen molar-refractivity contribution in [3.05, 3.63) is 112 Å². The summed E-state index contributed by atoms with van der Waals surface area (Å²) in [5, 5.41) is 20.6. The second-order valence-corrected chi connectivity index (χ2v) is 12.3. The summed E-state index contributed by atoms with van der Waals surface area (Å²) in [6.07, 6.45) is 3.82. The summed E-state index contributed by atoms with van der Waals surface area (Å²) in [5.41, 5.74) is 2.23. The van der Waals surface area contributed by atoms with Crippen LogP contribution in [0.5, 0.6) is 11.5 Å². The second-order valence-electron chi connectivity index (χ2n) is 9.67. The Hall–Kier alpha value is -4.12. The van der Waals surface area contributed by atoms with Crippen LogP contribution in [-0.2, 0) is 15.3 Å². The van der Waals surface area contributed by atoms with Crippen molar-refractivity contribution < 1.29 is 24.2 Å². The number of benzene rings is 3. The predicted octanol–water partition coefficient (Wildman–Crippen LogP) is 7.85. The van der Waals surface area contributed by atoms with E-state index < -0.39 is 23.5 Å². The number of hydrogen-bond donors (Lipinski definition) is 1. The molecule has 1 unspecified atom stereocenters. The Balaban J connectivity index is 1.52. The van der Waals surface area contributed by atoms with Gasteiger partial charge in [0.25, 0.3) is 5.91 Å². The molecule has 1 aliphatic heterocycles. The first-order valence-corrected chi connectivity index (χ1v) is 16.2. The number of thioether (sulfide) groups is 1. The van der Waals surface area contributed by atoms with Crippen LogP contribution in [0.3, 0.4) is 0 Å². The third-order valence-electron chi connectivity index (χ3n) is 6.66. The van der Waals surface area contributed by atoms with Crippen LogP contribution in [0.4, 0.5) is 5.13 Å². The maximum absolute atomic E-state index is 13.7. The van der Waals surface area contributed by atoms with Crippen LogP contribution in [0.2, 0.25) is 5.02 Å². The number of aromatic nitrogens is 2. The number of carbonyl (C=O) groups is 2. The number of rotatable bonds is 13. The number of hydrogen-bond acceptors (Lipinski definition) is 9. The van der Waals surface area contributed by atoms with Gasteiger partial charge in [-0.15, -0.1) is 10.2 Å². The summed E-state index contributed by atoms with van der Waals surface area (Å²) in [5.74, 6) is -0.309. The van der Waals surface area contributed by atoms with Crippen LogP contribution < -0.4 is 14.4 Å². The number of nitrogens with zero attached hydrogens (tertiary/aromatic N) is 3. The Bertz CT molecular complexity index is 1710. The van der Waals surface area contributed by atoms with Gasteiger partial charge in [0.2, 0.25) is 5.13 Å². The van der Waals surface area contributed by atoms with Crippen molar-refractivity contribution in [2.75, 3.05) is 18.1 Å². The first-order valence-electron chi connectivity index (χ1n) is 14.0. The molecule has 1 amide bonds. The molecule has 1 aromatic heterocycles. The molecule has 0 saturated carbocycles. The molecule has 8 nitrogen and oxygen atoms in total. The molecule has 11 heteroatoms. The minimum Gasteiger partial charge on any atom is -0.503 e. The number of allylic oxidation sites excluding steroid dienone is 1. The highest BCUT2D eigenvalue weighted by Crippen LogP contribution is 2.45. The van der Waals surface area contributed by atoms with Crippen LogP contribution in [-0.4, -0.2) is 40.2 Å². The summed E-state index contributed by atoms with van der Waals surface area (Å²) in [4.78, 5) is 28.6. The van der Waals surface area contributed by atoms with Crippen LogP contribution in [0.15, 0.2) is 94.5 Å². The van der Waals surface area contributed by atoms with Crippen molar-refractivity contribution in [1.29, 1.82) is 0 Å². The van der Waals surface area contributed by atoms with E-state index in [-0.39, 0.29) is 10.7 Å². The molecule has 0 saturated heterocycles. The number of anilines is 1. The van der Waals surface area contributed by atoms with Crippen molar-refractivity contribution in [3.63, 3.8) is 0 Å². The molecule has 0 spiro atoms. The molecule has 0 aliphatic carbocycles. The standard InChI is InChI=1S/C33H30ClN3O5S2/c1-3-18-42-26-17-15-22(19-27(26)41-4-2)29-28(25(38)16-14-21-10-6-5-7-11-21)30(39)31(40)37(29)32-35-36-33(44-32)43-20-23-12-8-9-13-24(23)34/h5-17,19,29,39H,3-4,18,20H2,1-2H3. The van der Waals surface area contributed by atoms with Gasteiger partial charge in [-0.05, 0) is 54.3 Å². The second kappa shape index (κ2) is 14.6. The molecule has 1 N–H and O–H groups in total. The summed E-state index contributed by atoms with van der Waals surface area (Å²) >= 11 is 8.94. The van der Waals surface area contributed by atoms with Crippen molar-refractivity contribution in [3.8, 4) is 11.5 Å². The van der Waals surface area contributed by atoms with Crippen LogP contribution >= 0.6 is 34.7 Å². The summed E-state index contributed by atoms with van der Waals surface area (Å²) < 4.78 is 12.3. The van der Waals surface area contributed by atoms with E-state index >= 15 is 0 Å². The SMILES string of the molecule is CCCOc1ccc(C2C(C(=O)C=Cc3ccccc3)=C(O)C(=O)N2c2nnc(SCc3ccccc3Cl)s2)cc1OCC. The Morgan fingerprint density at radius 2 is 1.82 bits per heavy atom. The fraction of sp³-hybridized carbons (Fsp3) is 0.212. The normalized spacial score (nSPS) is 14.9. The lowest BCUT2D eigenvalue weighted by atomic mass is 9.95. The van der Waals surface area contributed by atoms with Gasteiger partial charge >= 0.3 is 0 Å². The van der Waals surface area contributed by atoms with E-state index in [1.807, 2.05) is 68.4 Å². The summed E-state index contributed by atoms with van der Waals surface area (Å²) in [6, 6.07) is 21.1. The number of halogens is 1. The average molecular weight is 648 g/mol. The van der Waals surface area contributed by atoms with Crippen molar-refractivity contribution >= 4 is 57.6 Å². The maximum Gasteiger partial charge on any atom is 0.296 e. The van der Waals surface area contributed by atoms with E-state index in [0.717, 1.165) is 17.5 Å². The molecular formula is C33H30ClN3O5S2. The first kappa shape index (κ1) is 31.3. The third kappa shape index (κ3) is 6.99. The van der Waals surface area contributed by atoms with E-state index in [2.05, 4.69) is 10.2 Å². The first-order chi connectivity index (χ1) is 21.4. The van der Waals surface area contributed by atoms with Crippen LogP contribution in [0.1, 0.15) is 43.0 Å². The fourth-order valence-electron chi connectivity index (χ4n) is 4.60. The zero-order valence-electron chi connectivity index (χ0n) is 24.1. The quantitative estimate of drug-likeness (QED) is 0.0889. The molecule has 0 bridgehead atoms. The highest BCUT2D eigenvalue weighted by atomic mass is 35.5. The Morgan fingerprint density at radius 3 is 2.57 bits per heavy atom. The predicted molar refractivity (Wildman–Crippen MR) is 175 cm³/mol. The van der Waals surface area contributed by atoms with Gasteiger partial charge in [0, 0.05) is 10.8 Å². The zero-order chi connectivity index (χ0) is 31.1. The van der Waals surface area contributed by atoms with E-state index in [0.29, 0.717) is 45.4 Å². The van der Waals surface area contributed by atoms with E-state index in [1.54, 1.807) is 24.3 Å². The van der Waals surface area contributed by atoms with E-state index in [4.69, 9.17) is 21.1 Å². The molecule has 4 aromatic rings. The molecule has 44 heavy (non-hydrogen) atoms. The van der Waals surface area contributed by atoms with Gasteiger partial charge < -0.3 is 14.6 Å². The monoisotopic (exact) mass is 647 g/mol. The Morgan fingerprint density at radius 1 is 1.05 bits per heavy atom. The highest BCUT2D eigenvalue weighted by Gasteiger charge is 2.45. The van der Waals surface area contributed by atoms with E-state index in [9.17, 15) is 14.7 Å². The third-order valence-corrected chi connectivity index (χ3v) is 9.13. The molecular weight excluding hydrogens is 618 g/mol. The van der Waals surface area contributed by atoms with Gasteiger partial charge in [-0.25, -0.2) is 0 Å². The number of carbonyl (C=O) groups excluding carboxylic acids is 2. The number of ketones is 1. The van der Waals surface area contributed by atoms with Gasteiger partial charge in [-0.3, -0.25) is 14.5 Å². The number of amides is 1. The Labute approximate surface area is 269 Å². The van der Waals surface area contributed by atoms with Crippen LogP contribution in [0, 0.1) is 0 Å². The molecule has 2 heterocycles. The van der Waals surface area contributed by atoms with E-state index in [1.165, 1.54) is 34.1 Å². The average Bonchev–Trinajstić information content (AvgIpc) is 3.61. The summed E-state index contributed by atoms with van der Waals surface area (Å²) in [7, 11) is 0. The lowest BCUT2D eigenvalue weighted by Crippen LogP contribution is -2.31. The smallest absolute Gasteiger partial charge is 0.296 e. The summed E-state index contributed by atoms with van der Waals surface area (Å²) in [6.45, 7) is 4.75. The molecule has 226 valence electrons. The molecule has 0 radical (unpaired) electrons. The van der Waals surface area contributed by atoms with Crippen LogP contribution in [0.25, 0.3) is 6.08 Å². The molecule has 1 atom stereocenters. The number of ether oxygens (including phenoxy) is 2. The minimum absolute atomic E-state index is 0.0627. The number of aliphatic hydroxyl groups is 1. The van der Waals surface area contributed by atoms with Gasteiger partial charge in [-0.1, -0.05) is 102 Å². The van der Waals surface area contributed by atoms with Crippen molar-refractivity contribution in [1.82, 2.24) is 10.2 Å². The molecule has 3 aromatic carbocycles. The van der Waals surface area contributed by atoms with Gasteiger partial charge in [0.1, 0.15) is 0 Å². The molecule has 1 aliphatic rings. The van der Waals surface area contributed by atoms with Gasteiger partial charge in [0.05, 0.1) is 24.8 Å². The highest BCUT2D eigenvalue weighted by molar-refractivity contribution is 8.00. The Kier molecular flexibility index (Phi) is 10.4. The largest absolute Gasteiger partial charge is 0.503 e. The zero-order valence-corrected chi connectivity index (χ0v) is 26.5. The van der Waals surface area contributed by atoms with Crippen molar-refractivity contribution in [2.45, 2.75) is 36.4 Å². The van der Waals surface area contributed by atoms with Gasteiger partial charge in [-0.2, -0.15) is 0 Å². The molecule has 0 fully saturated rings. The fourth-order valence-corrected chi connectivity index (χ4v) is 6.76. The lowest BCUT2D eigenvalue weighted by molar-refractivity contribution is -0.117. The topological polar surface area (TPSA) is 102 Å². The van der Waals surface area contributed by atoms with Crippen molar-refractivity contribution in [2.24, 2.45) is 0 Å². The minimum atomic E-state index is -0.982. The van der Waals surface area contributed by atoms with Gasteiger partial charge in [0.15, 0.2) is 27.4 Å². The maximum atomic E-state index is 13.7. The lowest BCUT2D eigenvalue weighted by Gasteiger charge is -2.24. The number of aliphatic hydroxyl groups excluding tert-OH is 1. The molecule has 5 rings (SSSR count).